The lowest BCUT2D eigenvalue weighted by Gasteiger charge is -2.04. The average Bonchev–Trinajstić information content (AvgIpc) is 2.90. The van der Waals surface area contributed by atoms with Crippen molar-refractivity contribution >= 4 is 22.9 Å². The Morgan fingerprint density at radius 1 is 1.50 bits per heavy atom. The maximum Gasteiger partial charge on any atom is 0.224 e. The van der Waals surface area contributed by atoms with Crippen LogP contribution >= 0.6 is 11.3 Å². The van der Waals surface area contributed by atoms with E-state index in [2.05, 4.69) is 10.3 Å². The Bertz CT molecular complexity index is 572. The third kappa shape index (κ3) is 3.40. The quantitative estimate of drug-likeness (QED) is 0.915. The highest BCUT2D eigenvalue weighted by molar-refractivity contribution is 7.07. The summed E-state index contributed by atoms with van der Waals surface area (Å²) in [5, 5.41) is 13.5. The second kappa shape index (κ2) is 5.94. The molecule has 0 unspecified atom stereocenters. The Morgan fingerprint density at radius 2 is 2.39 bits per heavy atom. The minimum absolute atomic E-state index is 0.0712. The molecule has 0 fully saturated rings. The highest BCUT2D eigenvalue weighted by atomic mass is 32.1. The second-order valence-electron chi connectivity index (χ2n) is 3.72. The molecule has 1 heterocycles. The van der Waals surface area contributed by atoms with Crippen molar-refractivity contribution in [3.8, 4) is 6.07 Å². The van der Waals surface area contributed by atoms with Gasteiger partial charge in [0.1, 0.15) is 0 Å². The monoisotopic (exact) mass is 257 g/mol. The summed E-state index contributed by atoms with van der Waals surface area (Å²) in [5.41, 5.74) is 3.87. The summed E-state index contributed by atoms with van der Waals surface area (Å²) in [7, 11) is 0. The molecule has 1 N–H and O–H groups in total. The lowest BCUT2D eigenvalue weighted by atomic mass is 10.2. The largest absolute Gasteiger partial charge is 0.326 e. The number of carbonyl (C=O) groups is 1. The molecule has 5 heteroatoms. The topological polar surface area (TPSA) is 65.8 Å². The van der Waals surface area contributed by atoms with Crippen molar-refractivity contribution in [1.82, 2.24) is 4.98 Å². The molecule has 0 saturated heterocycles. The van der Waals surface area contributed by atoms with E-state index in [0.717, 1.165) is 5.69 Å². The third-order valence-corrected chi connectivity index (χ3v) is 3.00. The van der Waals surface area contributed by atoms with Gasteiger partial charge in [-0.15, -0.1) is 11.3 Å². The Morgan fingerprint density at radius 3 is 3.11 bits per heavy atom. The fraction of sp³-hybridized carbons (Fsp3) is 0.154. The number of nitrogens with zero attached hydrogens (tertiary/aromatic N) is 2. The average molecular weight is 257 g/mol. The molecule has 2 rings (SSSR count). The van der Waals surface area contributed by atoms with Crippen LogP contribution in [0.4, 0.5) is 5.69 Å². The predicted molar refractivity (Wildman–Crippen MR) is 70.2 cm³/mol. The first-order chi connectivity index (χ1) is 8.78. The maximum atomic E-state index is 11.7. The summed E-state index contributed by atoms with van der Waals surface area (Å²) in [4.78, 5) is 15.8. The van der Waals surface area contributed by atoms with Crippen LogP contribution in [0.5, 0.6) is 0 Å². The van der Waals surface area contributed by atoms with E-state index in [1.54, 1.807) is 29.8 Å². The molecule has 0 saturated carbocycles. The Balaban J connectivity index is 1.89. The molecule has 1 amide bonds. The van der Waals surface area contributed by atoms with Crippen LogP contribution in [0.3, 0.4) is 0 Å². The summed E-state index contributed by atoms with van der Waals surface area (Å²) in [6.07, 6.45) is 1.02. The number of anilines is 1. The first-order valence-electron chi connectivity index (χ1n) is 5.45. The lowest BCUT2D eigenvalue weighted by molar-refractivity contribution is -0.116. The van der Waals surface area contributed by atoms with E-state index in [1.165, 1.54) is 11.3 Å². The minimum atomic E-state index is -0.0712. The molecule has 1 aromatic heterocycles. The molecule has 0 aliphatic heterocycles. The van der Waals surface area contributed by atoms with Crippen LogP contribution in [-0.4, -0.2) is 10.9 Å². The van der Waals surface area contributed by atoms with Crippen LogP contribution in [0.15, 0.2) is 35.2 Å². The van der Waals surface area contributed by atoms with Crippen molar-refractivity contribution in [1.29, 1.82) is 5.26 Å². The van der Waals surface area contributed by atoms with Crippen molar-refractivity contribution in [2.45, 2.75) is 12.8 Å². The number of nitriles is 1. The van der Waals surface area contributed by atoms with E-state index < -0.39 is 0 Å². The molecule has 0 radical (unpaired) electrons. The summed E-state index contributed by atoms with van der Waals surface area (Å²) in [6, 6.07) is 8.90. The van der Waals surface area contributed by atoms with Gasteiger partial charge in [0.15, 0.2) is 0 Å². The number of aryl methyl sites for hydroxylation is 1. The highest BCUT2D eigenvalue weighted by Crippen LogP contribution is 2.11. The summed E-state index contributed by atoms with van der Waals surface area (Å²) < 4.78 is 0. The first kappa shape index (κ1) is 12.3. The SMILES string of the molecule is N#Cc1cccc(NC(=O)CCc2cscn2)c1. The van der Waals surface area contributed by atoms with Gasteiger partial charge in [-0.2, -0.15) is 5.26 Å². The van der Waals surface area contributed by atoms with Gasteiger partial charge in [0.05, 0.1) is 22.8 Å². The number of nitrogens with one attached hydrogen (secondary N) is 1. The van der Waals surface area contributed by atoms with E-state index in [9.17, 15) is 4.79 Å². The third-order valence-electron chi connectivity index (χ3n) is 2.37. The van der Waals surface area contributed by atoms with Gasteiger partial charge in [-0.3, -0.25) is 4.79 Å². The normalized spacial score (nSPS) is 9.72. The number of hydrogen-bond acceptors (Lipinski definition) is 4. The van der Waals surface area contributed by atoms with Crippen LogP contribution < -0.4 is 5.32 Å². The molecule has 0 bridgehead atoms. The van der Waals surface area contributed by atoms with E-state index in [1.807, 2.05) is 11.4 Å². The lowest BCUT2D eigenvalue weighted by Crippen LogP contribution is -2.12. The summed E-state index contributed by atoms with van der Waals surface area (Å²) in [6.45, 7) is 0. The van der Waals surface area contributed by atoms with Gasteiger partial charge < -0.3 is 5.32 Å². The van der Waals surface area contributed by atoms with Crippen LogP contribution in [0.1, 0.15) is 17.7 Å². The number of thiazole rings is 1. The Kier molecular flexibility index (Phi) is 4.05. The van der Waals surface area contributed by atoms with Gasteiger partial charge in [0, 0.05) is 17.5 Å². The molecular weight excluding hydrogens is 246 g/mol. The van der Waals surface area contributed by atoms with Gasteiger partial charge in [-0.25, -0.2) is 4.98 Å². The minimum Gasteiger partial charge on any atom is -0.326 e. The second-order valence-corrected chi connectivity index (χ2v) is 4.44. The number of amides is 1. The number of benzene rings is 1. The number of carbonyl (C=O) groups excluding carboxylic acids is 1. The number of aromatic nitrogens is 1. The fourth-order valence-electron chi connectivity index (χ4n) is 1.49. The van der Waals surface area contributed by atoms with Crippen molar-refractivity contribution in [2.24, 2.45) is 0 Å². The zero-order chi connectivity index (χ0) is 12.8. The van der Waals surface area contributed by atoms with Crippen LogP contribution in [0.2, 0.25) is 0 Å². The molecule has 4 nitrogen and oxygen atoms in total. The van der Waals surface area contributed by atoms with Gasteiger partial charge >= 0.3 is 0 Å². The molecule has 0 atom stereocenters. The van der Waals surface area contributed by atoms with E-state index in [-0.39, 0.29) is 5.91 Å². The van der Waals surface area contributed by atoms with E-state index >= 15 is 0 Å². The molecule has 0 spiro atoms. The number of hydrogen-bond donors (Lipinski definition) is 1. The van der Waals surface area contributed by atoms with Crippen LogP contribution in [-0.2, 0) is 11.2 Å². The summed E-state index contributed by atoms with van der Waals surface area (Å²) >= 11 is 1.52. The van der Waals surface area contributed by atoms with Crippen LogP contribution in [0.25, 0.3) is 0 Å². The van der Waals surface area contributed by atoms with Crippen molar-refractivity contribution < 1.29 is 4.79 Å². The van der Waals surface area contributed by atoms with Gasteiger partial charge in [-0.05, 0) is 24.6 Å². The zero-order valence-electron chi connectivity index (χ0n) is 9.59. The molecule has 90 valence electrons. The van der Waals surface area contributed by atoms with Crippen molar-refractivity contribution in [3.63, 3.8) is 0 Å². The molecular formula is C13H11N3OS. The van der Waals surface area contributed by atoms with Gasteiger partial charge in [0.2, 0.25) is 5.91 Å². The highest BCUT2D eigenvalue weighted by Gasteiger charge is 2.04. The summed E-state index contributed by atoms with van der Waals surface area (Å²) in [5.74, 6) is -0.0712. The zero-order valence-corrected chi connectivity index (χ0v) is 10.4. The number of rotatable bonds is 4. The Labute approximate surface area is 109 Å². The molecule has 0 aliphatic carbocycles. The molecule has 0 aliphatic rings. The van der Waals surface area contributed by atoms with Gasteiger partial charge in [-0.1, -0.05) is 6.07 Å². The van der Waals surface area contributed by atoms with Crippen LogP contribution in [0, 0.1) is 11.3 Å². The first-order valence-corrected chi connectivity index (χ1v) is 6.39. The standard InChI is InChI=1S/C13H11N3OS/c14-7-10-2-1-3-11(6-10)16-13(17)5-4-12-8-18-9-15-12/h1-3,6,8-9H,4-5H2,(H,16,17). The smallest absolute Gasteiger partial charge is 0.224 e. The predicted octanol–water partition coefficient (Wildman–Crippen LogP) is 2.59. The Hall–Kier alpha value is -2.19. The van der Waals surface area contributed by atoms with Gasteiger partial charge in [0.25, 0.3) is 0 Å². The van der Waals surface area contributed by atoms with E-state index in [4.69, 9.17) is 5.26 Å². The molecule has 2 aromatic rings. The van der Waals surface area contributed by atoms with E-state index in [0.29, 0.717) is 24.1 Å². The molecule has 1 aromatic carbocycles. The van der Waals surface area contributed by atoms with Crippen molar-refractivity contribution in [3.05, 3.63) is 46.4 Å². The van der Waals surface area contributed by atoms with Crippen molar-refractivity contribution in [2.75, 3.05) is 5.32 Å². The molecule has 18 heavy (non-hydrogen) atoms. The maximum absolute atomic E-state index is 11.7. The fourth-order valence-corrected chi connectivity index (χ4v) is 2.09.